The minimum atomic E-state index is -0.0216. The standard InChI is InChI=1S/C16H27OP/c1-15(2)9-13(17)10-16(3,4)18(15)14-8-11-5-6-12(14)7-11/h11-12,14H,5-10H2,1-4H3. The van der Waals surface area contributed by atoms with Crippen LogP contribution in [0.3, 0.4) is 0 Å². The number of ketones is 1. The van der Waals surface area contributed by atoms with E-state index in [0.717, 1.165) is 30.3 Å². The lowest BCUT2D eigenvalue weighted by atomic mass is 9.96. The Morgan fingerprint density at radius 3 is 2.06 bits per heavy atom. The molecule has 0 aromatic rings. The molecule has 2 saturated carbocycles. The molecule has 1 aliphatic heterocycles. The second kappa shape index (κ2) is 4.05. The predicted octanol–water partition coefficient (Wildman–Crippen LogP) is 4.58. The van der Waals surface area contributed by atoms with Crippen molar-refractivity contribution < 1.29 is 4.79 Å². The van der Waals surface area contributed by atoms with Crippen molar-refractivity contribution in [2.75, 3.05) is 0 Å². The number of Topliss-reactive ketones (excluding diaryl/α,β-unsaturated/α-hetero) is 1. The smallest absolute Gasteiger partial charge is 0.134 e. The molecule has 0 amide bonds. The quantitative estimate of drug-likeness (QED) is 0.635. The Bertz CT molecular complexity index is 351. The zero-order chi connectivity index (χ0) is 13.1. The Hall–Kier alpha value is 0.100. The maximum Gasteiger partial charge on any atom is 0.134 e. The maximum absolute atomic E-state index is 12.0. The molecule has 3 rings (SSSR count). The molecule has 0 radical (unpaired) electrons. The first kappa shape index (κ1) is 13.1. The summed E-state index contributed by atoms with van der Waals surface area (Å²) < 4.78 is 0. The number of carbonyl (C=O) groups excluding carboxylic acids is 1. The van der Waals surface area contributed by atoms with E-state index in [1.165, 1.54) is 25.7 Å². The van der Waals surface area contributed by atoms with Crippen molar-refractivity contribution >= 4 is 13.7 Å². The summed E-state index contributed by atoms with van der Waals surface area (Å²) in [7, 11) is -0.0216. The number of hydrogen-bond donors (Lipinski definition) is 0. The molecule has 3 unspecified atom stereocenters. The summed E-state index contributed by atoms with van der Waals surface area (Å²) in [6.07, 6.45) is 7.64. The fraction of sp³-hybridized carbons (Fsp3) is 0.938. The molecule has 1 saturated heterocycles. The van der Waals surface area contributed by atoms with E-state index in [-0.39, 0.29) is 18.2 Å². The SMILES string of the molecule is CC1(C)CC(=O)CC(C)(C)P1C1CC2CCC1C2. The van der Waals surface area contributed by atoms with Gasteiger partial charge in [0.25, 0.3) is 0 Å². The topological polar surface area (TPSA) is 17.1 Å². The highest BCUT2D eigenvalue weighted by Crippen LogP contribution is 2.73. The lowest BCUT2D eigenvalue weighted by Crippen LogP contribution is -2.44. The van der Waals surface area contributed by atoms with Gasteiger partial charge in [-0.15, -0.1) is 0 Å². The van der Waals surface area contributed by atoms with Gasteiger partial charge in [0.1, 0.15) is 5.78 Å². The summed E-state index contributed by atoms with van der Waals surface area (Å²) in [5.41, 5.74) is 0.969. The molecule has 0 aromatic carbocycles. The Labute approximate surface area is 113 Å². The molecule has 18 heavy (non-hydrogen) atoms. The Kier molecular flexibility index (Phi) is 2.94. The first-order valence-corrected chi connectivity index (χ1v) is 9.02. The third-order valence-corrected chi connectivity index (χ3v) is 9.82. The Morgan fingerprint density at radius 1 is 1.00 bits per heavy atom. The van der Waals surface area contributed by atoms with Crippen molar-refractivity contribution in [1.82, 2.24) is 0 Å². The lowest BCUT2D eigenvalue weighted by molar-refractivity contribution is -0.120. The van der Waals surface area contributed by atoms with Crippen LogP contribution in [-0.2, 0) is 4.79 Å². The van der Waals surface area contributed by atoms with Crippen LogP contribution in [0.5, 0.6) is 0 Å². The Morgan fingerprint density at radius 2 is 1.61 bits per heavy atom. The molecule has 2 bridgehead atoms. The highest BCUT2D eigenvalue weighted by Gasteiger charge is 2.54. The summed E-state index contributed by atoms with van der Waals surface area (Å²) in [6.45, 7) is 9.51. The second-order valence-corrected chi connectivity index (χ2v) is 12.0. The van der Waals surface area contributed by atoms with Gasteiger partial charge < -0.3 is 0 Å². The molecular weight excluding hydrogens is 239 g/mol. The van der Waals surface area contributed by atoms with E-state index in [0.29, 0.717) is 5.78 Å². The number of hydrogen-bond acceptors (Lipinski definition) is 1. The number of rotatable bonds is 1. The molecule has 2 aliphatic carbocycles. The second-order valence-electron chi connectivity index (χ2n) is 8.13. The van der Waals surface area contributed by atoms with Crippen LogP contribution in [0.1, 0.15) is 66.2 Å². The van der Waals surface area contributed by atoms with E-state index in [1.807, 2.05) is 0 Å². The van der Waals surface area contributed by atoms with E-state index < -0.39 is 0 Å². The van der Waals surface area contributed by atoms with Gasteiger partial charge in [0.2, 0.25) is 0 Å². The minimum absolute atomic E-state index is 0.0216. The van der Waals surface area contributed by atoms with Crippen LogP contribution >= 0.6 is 7.92 Å². The van der Waals surface area contributed by atoms with Crippen molar-refractivity contribution in [3.05, 3.63) is 0 Å². The molecule has 0 aromatic heterocycles. The van der Waals surface area contributed by atoms with Gasteiger partial charge in [-0.3, -0.25) is 4.79 Å². The van der Waals surface area contributed by atoms with Crippen LogP contribution in [0.15, 0.2) is 0 Å². The maximum atomic E-state index is 12.0. The fourth-order valence-corrected chi connectivity index (χ4v) is 10.8. The van der Waals surface area contributed by atoms with E-state index in [9.17, 15) is 4.79 Å². The molecule has 102 valence electrons. The zero-order valence-electron chi connectivity index (χ0n) is 12.3. The third kappa shape index (κ3) is 1.98. The summed E-state index contributed by atoms with van der Waals surface area (Å²) in [5.74, 6) is 2.55. The van der Waals surface area contributed by atoms with Gasteiger partial charge in [-0.1, -0.05) is 42.0 Å². The number of fused-ring (bicyclic) bond motifs is 2. The molecule has 3 atom stereocenters. The van der Waals surface area contributed by atoms with Crippen molar-refractivity contribution in [3.63, 3.8) is 0 Å². The van der Waals surface area contributed by atoms with Crippen molar-refractivity contribution in [2.45, 2.75) is 82.2 Å². The van der Waals surface area contributed by atoms with Crippen molar-refractivity contribution in [3.8, 4) is 0 Å². The van der Waals surface area contributed by atoms with Gasteiger partial charge in [-0.2, -0.15) is 0 Å². The predicted molar refractivity (Wildman–Crippen MR) is 78.6 cm³/mol. The minimum Gasteiger partial charge on any atom is -0.300 e. The molecule has 3 fully saturated rings. The van der Waals surface area contributed by atoms with Crippen LogP contribution < -0.4 is 0 Å². The highest BCUT2D eigenvalue weighted by molar-refractivity contribution is 7.62. The molecule has 1 heterocycles. The fourth-order valence-electron chi connectivity index (χ4n) is 5.44. The molecular formula is C16H27OP. The van der Waals surface area contributed by atoms with E-state index in [2.05, 4.69) is 27.7 Å². The van der Waals surface area contributed by atoms with E-state index >= 15 is 0 Å². The largest absolute Gasteiger partial charge is 0.300 e. The monoisotopic (exact) mass is 266 g/mol. The van der Waals surface area contributed by atoms with Crippen LogP contribution in [-0.4, -0.2) is 21.8 Å². The summed E-state index contributed by atoms with van der Waals surface area (Å²) in [6, 6.07) is 0. The average Bonchev–Trinajstić information content (AvgIpc) is 2.73. The van der Waals surface area contributed by atoms with Gasteiger partial charge >= 0.3 is 0 Å². The summed E-state index contributed by atoms with van der Waals surface area (Å²) in [4.78, 5) is 12.0. The molecule has 0 spiro atoms. The zero-order valence-corrected chi connectivity index (χ0v) is 13.2. The van der Waals surface area contributed by atoms with E-state index in [1.54, 1.807) is 0 Å². The van der Waals surface area contributed by atoms with Crippen LogP contribution in [0, 0.1) is 11.8 Å². The van der Waals surface area contributed by atoms with Gasteiger partial charge in [0.05, 0.1) is 0 Å². The number of carbonyl (C=O) groups is 1. The Balaban J connectivity index is 1.90. The third-order valence-electron chi connectivity index (χ3n) is 5.60. The first-order valence-electron chi connectivity index (χ1n) is 7.61. The van der Waals surface area contributed by atoms with Crippen molar-refractivity contribution in [1.29, 1.82) is 0 Å². The van der Waals surface area contributed by atoms with Gasteiger partial charge in [0, 0.05) is 12.8 Å². The molecule has 3 aliphatic rings. The molecule has 2 heteroatoms. The van der Waals surface area contributed by atoms with Gasteiger partial charge in [-0.25, -0.2) is 0 Å². The van der Waals surface area contributed by atoms with Crippen LogP contribution in [0.4, 0.5) is 0 Å². The lowest BCUT2D eigenvalue weighted by Gasteiger charge is -2.53. The van der Waals surface area contributed by atoms with Crippen LogP contribution in [0.2, 0.25) is 0 Å². The van der Waals surface area contributed by atoms with Gasteiger partial charge in [0.15, 0.2) is 0 Å². The summed E-state index contributed by atoms with van der Waals surface area (Å²) >= 11 is 0. The first-order chi connectivity index (χ1) is 8.29. The molecule has 0 N–H and O–H groups in total. The van der Waals surface area contributed by atoms with Crippen molar-refractivity contribution in [2.24, 2.45) is 11.8 Å². The van der Waals surface area contributed by atoms with E-state index in [4.69, 9.17) is 0 Å². The van der Waals surface area contributed by atoms with Gasteiger partial charge in [-0.05, 0) is 47.1 Å². The average molecular weight is 266 g/mol. The highest BCUT2D eigenvalue weighted by atomic mass is 31.1. The summed E-state index contributed by atoms with van der Waals surface area (Å²) in [5, 5.41) is 0.562. The van der Waals surface area contributed by atoms with Crippen LogP contribution in [0.25, 0.3) is 0 Å². The molecule has 1 nitrogen and oxygen atoms in total. The normalized spacial score (nSPS) is 42.4.